The number of carbonyl (C=O) groups excluding carboxylic acids is 1. The minimum absolute atomic E-state index is 0.392. The molecule has 0 aliphatic rings. The maximum atomic E-state index is 11.5. The van der Waals surface area contributed by atoms with Crippen molar-refractivity contribution in [3.05, 3.63) is 18.6 Å². The minimum atomic E-state index is -0.510. The molecule has 0 bridgehead atoms. The number of H-pyrrole nitrogens is 1. The van der Waals surface area contributed by atoms with Gasteiger partial charge in [0.15, 0.2) is 0 Å². The van der Waals surface area contributed by atoms with Gasteiger partial charge in [-0.25, -0.2) is 14.5 Å². The highest BCUT2D eigenvalue weighted by Crippen LogP contribution is 2.22. The smallest absolute Gasteiger partial charge is 0.407 e. The highest BCUT2D eigenvalue weighted by Gasteiger charge is 2.15. The van der Waals surface area contributed by atoms with Crippen molar-refractivity contribution in [1.29, 1.82) is 0 Å². The van der Waals surface area contributed by atoms with E-state index >= 15 is 0 Å². The van der Waals surface area contributed by atoms with Gasteiger partial charge in [0.25, 0.3) is 0 Å². The van der Waals surface area contributed by atoms with E-state index < -0.39 is 11.7 Å². The molecule has 0 atom stereocenters. The summed E-state index contributed by atoms with van der Waals surface area (Å²) in [4.78, 5) is 18.3. The number of hydrogen-bond acceptors (Lipinski definition) is 7. The van der Waals surface area contributed by atoms with Crippen molar-refractivity contribution < 1.29 is 9.53 Å². The molecule has 10 nitrogen and oxygen atoms in total. The molecular weight excluding hydrogens is 312 g/mol. The Kier molecular flexibility index (Phi) is 5.51. The number of azo groups is 1. The van der Waals surface area contributed by atoms with Crippen LogP contribution in [0.3, 0.4) is 0 Å². The first-order valence-electron chi connectivity index (χ1n) is 7.54. The first-order chi connectivity index (χ1) is 11.3. The molecule has 0 saturated carbocycles. The maximum absolute atomic E-state index is 11.5. The zero-order chi connectivity index (χ0) is 17.6. The quantitative estimate of drug-likeness (QED) is 0.551. The van der Waals surface area contributed by atoms with Gasteiger partial charge >= 0.3 is 6.09 Å². The molecule has 2 aromatic heterocycles. The minimum Gasteiger partial charge on any atom is -0.444 e. The van der Waals surface area contributed by atoms with E-state index in [0.717, 1.165) is 0 Å². The third-order valence-corrected chi connectivity index (χ3v) is 2.81. The fourth-order valence-corrected chi connectivity index (χ4v) is 1.79. The molecule has 2 rings (SSSR count). The molecule has 2 heterocycles. The molecule has 2 aromatic rings. The average molecular weight is 334 g/mol. The van der Waals surface area contributed by atoms with Gasteiger partial charge in [-0.1, -0.05) is 0 Å². The zero-order valence-corrected chi connectivity index (χ0v) is 14.0. The number of anilines is 1. The van der Waals surface area contributed by atoms with Crippen molar-refractivity contribution in [2.75, 3.05) is 12.3 Å². The van der Waals surface area contributed by atoms with E-state index in [9.17, 15) is 4.79 Å². The Labute approximate surface area is 139 Å². The van der Waals surface area contributed by atoms with E-state index in [1.54, 1.807) is 17.1 Å². The standard InChI is InChI=1S/C14H22N8O2/c1-14(2,3)24-13(23)18-5-4-8-22-11(15)10(9-19-22)20-21-12-16-6-7-17-12/h6-7,9H,4-5,8,15H2,1-3H3,(H,16,17)(H,18,23). The van der Waals surface area contributed by atoms with Crippen LogP contribution < -0.4 is 11.1 Å². The molecule has 0 unspecified atom stereocenters. The lowest BCUT2D eigenvalue weighted by atomic mass is 10.2. The lowest BCUT2D eigenvalue weighted by Crippen LogP contribution is -2.33. The predicted octanol–water partition coefficient (Wildman–Crippen LogP) is 2.52. The second-order valence-corrected chi connectivity index (χ2v) is 6.03. The first-order valence-corrected chi connectivity index (χ1v) is 7.54. The number of ether oxygens (including phenoxy) is 1. The predicted molar refractivity (Wildman–Crippen MR) is 88.3 cm³/mol. The number of aromatic amines is 1. The number of amides is 1. The maximum Gasteiger partial charge on any atom is 0.407 e. The van der Waals surface area contributed by atoms with E-state index in [0.29, 0.717) is 37.0 Å². The molecular formula is C14H22N8O2. The molecule has 0 spiro atoms. The highest BCUT2D eigenvalue weighted by atomic mass is 16.6. The van der Waals surface area contributed by atoms with Crippen LogP contribution in [0.25, 0.3) is 0 Å². The summed E-state index contributed by atoms with van der Waals surface area (Å²) in [7, 11) is 0. The summed E-state index contributed by atoms with van der Waals surface area (Å²) < 4.78 is 6.76. The molecule has 0 fully saturated rings. The molecule has 0 aromatic carbocycles. The number of carbonyl (C=O) groups is 1. The Morgan fingerprint density at radius 3 is 2.92 bits per heavy atom. The van der Waals surface area contributed by atoms with Crippen molar-refractivity contribution in [2.24, 2.45) is 10.2 Å². The fourth-order valence-electron chi connectivity index (χ4n) is 1.79. The molecule has 4 N–H and O–H groups in total. The van der Waals surface area contributed by atoms with E-state index in [2.05, 4.69) is 30.6 Å². The third kappa shape index (κ3) is 5.38. The van der Waals surface area contributed by atoms with Crippen molar-refractivity contribution in [2.45, 2.75) is 39.3 Å². The van der Waals surface area contributed by atoms with E-state index in [1.165, 1.54) is 6.20 Å². The van der Waals surface area contributed by atoms with Crippen LogP contribution in [0, 0.1) is 0 Å². The Morgan fingerprint density at radius 2 is 2.25 bits per heavy atom. The van der Waals surface area contributed by atoms with Crippen molar-refractivity contribution in [1.82, 2.24) is 25.1 Å². The van der Waals surface area contributed by atoms with E-state index in [1.807, 2.05) is 20.8 Å². The van der Waals surface area contributed by atoms with Crippen LogP contribution in [-0.4, -0.2) is 38.0 Å². The molecule has 10 heteroatoms. The summed E-state index contributed by atoms with van der Waals surface area (Å²) in [6.07, 6.45) is 4.98. The Bertz CT molecular complexity index is 684. The Morgan fingerprint density at radius 1 is 1.46 bits per heavy atom. The van der Waals surface area contributed by atoms with Gasteiger partial charge in [0.1, 0.15) is 17.1 Å². The SMILES string of the molecule is CC(C)(C)OC(=O)NCCCn1ncc(N=Nc2ncc[nH]2)c1N. The number of hydrogen-bond donors (Lipinski definition) is 3. The highest BCUT2D eigenvalue weighted by molar-refractivity contribution is 5.67. The number of imidazole rings is 1. The number of alkyl carbamates (subject to hydrolysis) is 1. The first kappa shape index (κ1) is 17.4. The summed E-state index contributed by atoms with van der Waals surface area (Å²) >= 11 is 0. The number of nitrogens with zero attached hydrogens (tertiary/aromatic N) is 5. The van der Waals surface area contributed by atoms with Gasteiger partial charge in [0, 0.05) is 25.5 Å². The lowest BCUT2D eigenvalue weighted by molar-refractivity contribution is 0.0526. The lowest BCUT2D eigenvalue weighted by Gasteiger charge is -2.19. The van der Waals surface area contributed by atoms with Crippen LogP contribution in [0.2, 0.25) is 0 Å². The molecule has 1 amide bonds. The number of nitrogens with two attached hydrogens (primary N) is 1. The van der Waals surface area contributed by atoms with Gasteiger partial charge in [-0.2, -0.15) is 5.10 Å². The molecule has 24 heavy (non-hydrogen) atoms. The fraction of sp³-hybridized carbons (Fsp3) is 0.500. The number of aryl methyl sites for hydroxylation is 1. The zero-order valence-electron chi connectivity index (χ0n) is 14.0. The van der Waals surface area contributed by atoms with Crippen molar-refractivity contribution in [3.8, 4) is 0 Å². The van der Waals surface area contributed by atoms with Gasteiger partial charge < -0.3 is 20.8 Å². The summed E-state index contributed by atoms with van der Waals surface area (Å²) in [5.41, 5.74) is 5.93. The van der Waals surface area contributed by atoms with Crippen LogP contribution in [0.1, 0.15) is 27.2 Å². The Hall–Kier alpha value is -2.91. The van der Waals surface area contributed by atoms with E-state index in [-0.39, 0.29) is 0 Å². The van der Waals surface area contributed by atoms with Crippen LogP contribution in [0.5, 0.6) is 0 Å². The van der Waals surface area contributed by atoms with Gasteiger partial charge in [-0.05, 0) is 27.2 Å². The second-order valence-electron chi connectivity index (χ2n) is 6.03. The molecule has 130 valence electrons. The summed E-state index contributed by atoms with van der Waals surface area (Å²) in [6.45, 7) is 6.44. The second kappa shape index (κ2) is 7.57. The third-order valence-electron chi connectivity index (χ3n) is 2.81. The van der Waals surface area contributed by atoms with Gasteiger partial charge in [0.2, 0.25) is 5.95 Å². The number of aromatic nitrogens is 4. The van der Waals surface area contributed by atoms with Crippen molar-refractivity contribution >= 4 is 23.5 Å². The van der Waals surface area contributed by atoms with Gasteiger partial charge in [-0.15, -0.1) is 10.2 Å². The van der Waals surface area contributed by atoms with Crippen LogP contribution in [-0.2, 0) is 11.3 Å². The summed E-state index contributed by atoms with van der Waals surface area (Å²) in [6, 6.07) is 0. The van der Waals surface area contributed by atoms with Crippen molar-refractivity contribution in [3.63, 3.8) is 0 Å². The van der Waals surface area contributed by atoms with Gasteiger partial charge in [0.05, 0.1) is 6.20 Å². The Balaban J connectivity index is 1.79. The number of nitrogens with one attached hydrogen (secondary N) is 2. The number of nitrogen functional groups attached to an aromatic ring is 1. The monoisotopic (exact) mass is 334 g/mol. The molecule has 0 aliphatic heterocycles. The normalized spacial score (nSPS) is 11.8. The summed E-state index contributed by atoms with van der Waals surface area (Å²) in [5.74, 6) is 0.797. The summed E-state index contributed by atoms with van der Waals surface area (Å²) in [5, 5.41) is 14.8. The topological polar surface area (TPSA) is 136 Å². The van der Waals surface area contributed by atoms with Crippen LogP contribution >= 0.6 is 0 Å². The molecule has 0 aliphatic carbocycles. The van der Waals surface area contributed by atoms with Crippen LogP contribution in [0.15, 0.2) is 28.8 Å². The van der Waals surface area contributed by atoms with E-state index in [4.69, 9.17) is 10.5 Å². The van der Waals surface area contributed by atoms with Crippen LogP contribution in [0.4, 0.5) is 22.2 Å². The molecule has 0 saturated heterocycles. The van der Waals surface area contributed by atoms with Gasteiger partial charge in [-0.3, -0.25) is 0 Å². The average Bonchev–Trinajstić information content (AvgIpc) is 3.10. The number of rotatable bonds is 6. The molecule has 0 radical (unpaired) electrons. The largest absolute Gasteiger partial charge is 0.444 e.